The summed E-state index contributed by atoms with van der Waals surface area (Å²) in [5.74, 6) is 2.48. The molecule has 2 rings (SSSR count). The van der Waals surface area contributed by atoms with Crippen LogP contribution in [0, 0.1) is 12.8 Å². The molecule has 2 nitrogen and oxygen atoms in total. The highest BCUT2D eigenvalue weighted by molar-refractivity contribution is 6.17. The van der Waals surface area contributed by atoms with Gasteiger partial charge in [-0.25, -0.2) is 4.98 Å². The first-order valence-corrected chi connectivity index (χ1v) is 8.14. The van der Waals surface area contributed by atoms with Crippen molar-refractivity contribution in [2.24, 2.45) is 5.92 Å². The third-order valence-electron chi connectivity index (χ3n) is 4.18. The SMILES string of the molecule is CCC(C)CC(C)n1c(CCCl)nc2cccc(C)c21. The van der Waals surface area contributed by atoms with Crippen molar-refractivity contribution in [2.75, 3.05) is 5.88 Å². The van der Waals surface area contributed by atoms with E-state index in [1.807, 2.05) is 0 Å². The molecule has 0 spiro atoms. The van der Waals surface area contributed by atoms with Crippen LogP contribution in [-0.2, 0) is 6.42 Å². The predicted molar refractivity (Wildman–Crippen MR) is 87.7 cm³/mol. The zero-order chi connectivity index (χ0) is 14.7. The molecule has 1 aromatic carbocycles. The molecule has 0 aliphatic rings. The van der Waals surface area contributed by atoms with Gasteiger partial charge in [-0.1, -0.05) is 32.4 Å². The zero-order valence-corrected chi connectivity index (χ0v) is 13.7. The molecule has 0 aliphatic heterocycles. The Hall–Kier alpha value is -1.02. The third-order valence-corrected chi connectivity index (χ3v) is 4.37. The second-order valence-electron chi connectivity index (χ2n) is 5.88. The van der Waals surface area contributed by atoms with Crippen molar-refractivity contribution in [1.29, 1.82) is 0 Å². The van der Waals surface area contributed by atoms with Crippen LogP contribution in [0.3, 0.4) is 0 Å². The van der Waals surface area contributed by atoms with Gasteiger partial charge in [0, 0.05) is 18.3 Å². The Morgan fingerprint density at radius 2 is 2.05 bits per heavy atom. The average molecular weight is 293 g/mol. The van der Waals surface area contributed by atoms with Crippen LogP contribution in [0.4, 0.5) is 0 Å². The van der Waals surface area contributed by atoms with Gasteiger partial charge in [-0.3, -0.25) is 0 Å². The van der Waals surface area contributed by atoms with E-state index in [-0.39, 0.29) is 0 Å². The maximum Gasteiger partial charge on any atom is 0.111 e. The van der Waals surface area contributed by atoms with Crippen molar-refractivity contribution in [3.05, 3.63) is 29.6 Å². The normalized spacial score (nSPS) is 14.7. The molecule has 1 aromatic heterocycles. The largest absolute Gasteiger partial charge is 0.325 e. The van der Waals surface area contributed by atoms with Crippen LogP contribution in [-0.4, -0.2) is 15.4 Å². The summed E-state index contributed by atoms with van der Waals surface area (Å²) in [6, 6.07) is 6.82. The summed E-state index contributed by atoms with van der Waals surface area (Å²) in [5, 5.41) is 0. The molecular formula is C17H25ClN2. The van der Waals surface area contributed by atoms with Gasteiger partial charge < -0.3 is 4.57 Å². The van der Waals surface area contributed by atoms with E-state index in [1.165, 1.54) is 23.9 Å². The highest BCUT2D eigenvalue weighted by Crippen LogP contribution is 2.28. The van der Waals surface area contributed by atoms with Crippen molar-refractivity contribution in [3.63, 3.8) is 0 Å². The van der Waals surface area contributed by atoms with Crippen LogP contribution in [0.2, 0.25) is 0 Å². The number of hydrogen-bond acceptors (Lipinski definition) is 1. The zero-order valence-electron chi connectivity index (χ0n) is 13.0. The molecule has 3 heteroatoms. The molecule has 0 radical (unpaired) electrons. The molecule has 0 N–H and O–H groups in total. The van der Waals surface area contributed by atoms with Gasteiger partial charge in [0.1, 0.15) is 5.82 Å². The highest BCUT2D eigenvalue weighted by Gasteiger charge is 2.18. The molecular weight excluding hydrogens is 268 g/mol. The Bertz CT molecular complexity index is 574. The Morgan fingerprint density at radius 3 is 2.70 bits per heavy atom. The standard InChI is InChI=1S/C17H25ClN2/c1-5-12(2)11-14(4)20-16(9-10-18)19-15-8-6-7-13(3)17(15)20/h6-8,12,14H,5,9-11H2,1-4H3. The summed E-state index contributed by atoms with van der Waals surface area (Å²) in [4.78, 5) is 4.80. The lowest BCUT2D eigenvalue weighted by Gasteiger charge is -2.21. The molecule has 2 aromatic rings. The molecule has 2 unspecified atom stereocenters. The second-order valence-corrected chi connectivity index (χ2v) is 6.26. The van der Waals surface area contributed by atoms with Gasteiger partial charge in [0.05, 0.1) is 11.0 Å². The summed E-state index contributed by atoms with van der Waals surface area (Å²) in [5.41, 5.74) is 3.68. The monoisotopic (exact) mass is 292 g/mol. The van der Waals surface area contributed by atoms with E-state index in [4.69, 9.17) is 16.6 Å². The number of aromatic nitrogens is 2. The molecule has 0 amide bonds. The Labute approximate surface area is 127 Å². The lowest BCUT2D eigenvalue weighted by atomic mass is 10.00. The molecule has 110 valence electrons. The lowest BCUT2D eigenvalue weighted by molar-refractivity contribution is 0.397. The number of fused-ring (bicyclic) bond motifs is 1. The molecule has 0 bridgehead atoms. The van der Waals surface area contributed by atoms with Gasteiger partial charge in [0.25, 0.3) is 0 Å². The quantitative estimate of drug-likeness (QED) is 0.675. The molecule has 0 saturated carbocycles. The fourth-order valence-corrected chi connectivity index (χ4v) is 3.13. The minimum Gasteiger partial charge on any atom is -0.325 e. The van der Waals surface area contributed by atoms with E-state index in [0.29, 0.717) is 11.9 Å². The van der Waals surface area contributed by atoms with Gasteiger partial charge >= 0.3 is 0 Å². The maximum atomic E-state index is 5.96. The number of rotatable bonds is 6. The van der Waals surface area contributed by atoms with E-state index >= 15 is 0 Å². The molecule has 0 saturated heterocycles. The van der Waals surface area contributed by atoms with Crippen LogP contribution >= 0.6 is 11.6 Å². The first kappa shape index (κ1) is 15.4. The van der Waals surface area contributed by atoms with Crippen molar-refractivity contribution in [1.82, 2.24) is 9.55 Å². The molecule has 2 atom stereocenters. The molecule has 0 aliphatic carbocycles. The van der Waals surface area contributed by atoms with Gasteiger partial charge in [-0.2, -0.15) is 0 Å². The van der Waals surface area contributed by atoms with Crippen LogP contribution in [0.25, 0.3) is 11.0 Å². The smallest absolute Gasteiger partial charge is 0.111 e. The van der Waals surface area contributed by atoms with Gasteiger partial charge in [0.2, 0.25) is 0 Å². The van der Waals surface area contributed by atoms with Gasteiger partial charge in [-0.15, -0.1) is 11.6 Å². The first-order chi connectivity index (χ1) is 9.58. The minimum absolute atomic E-state index is 0.467. The summed E-state index contributed by atoms with van der Waals surface area (Å²) < 4.78 is 2.42. The van der Waals surface area contributed by atoms with E-state index in [2.05, 4.69) is 50.5 Å². The summed E-state index contributed by atoms with van der Waals surface area (Å²) in [6.07, 6.45) is 3.24. The lowest BCUT2D eigenvalue weighted by Crippen LogP contribution is -2.13. The van der Waals surface area contributed by atoms with E-state index in [1.54, 1.807) is 0 Å². The number of benzene rings is 1. The third kappa shape index (κ3) is 3.01. The summed E-state index contributed by atoms with van der Waals surface area (Å²) >= 11 is 5.96. The van der Waals surface area contributed by atoms with Crippen LogP contribution < -0.4 is 0 Å². The second kappa shape index (κ2) is 6.62. The minimum atomic E-state index is 0.467. The predicted octanol–water partition coefficient (Wildman–Crippen LogP) is 5.12. The van der Waals surface area contributed by atoms with Crippen molar-refractivity contribution in [3.8, 4) is 0 Å². The van der Waals surface area contributed by atoms with Crippen molar-refractivity contribution in [2.45, 2.75) is 53.0 Å². The van der Waals surface area contributed by atoms with Crippen LogP contribution in [0.5, 0.6) is 0 Å². The maximum absolute atomic E-state index is 5.96. The van der Waals surface area contributed by atoms with E-state index in [0.717, 1.165) is 23.7 Å². The fraction of sp³-hybridized carbons (Fsp3) is 0.588. The van der Waals surface area contributed by atoms with E-state index in [9.17, 15) is 0 Å². The molecule has 20 heavy (non-hydrogen) atoms. The van der Waals surface area contributed by atoms with Crippen LogP contribution in [0.15, 0.2) is 18.2 Å². The number of aryl methyl sites for hydroxylation is 2. The number of halogens is 1. The highest BCUT2D eigenvalue weighted by atomic mass is 35.5. The molecule has 1 heterocycles. The fourth-order valence-electron chi connectivity index (χ4n) is 2.96. The average Bonchev–Trinajstić information content (AvgIpc) is 2.78. The summed E-state index contributed by atoms with van der Waals surface area (Å²) in [6.45, 7) is 9.05. The van der Waals surface area contributed by atoms with E-state index < -0.39 is 0 Å². The summed E-state index contributed by atoms with van der Waals surface area (Å²) in [7, 11) is 0. The topological polar surface area (TPSA) is 17.8 Å². The van der Waals surface area contributed by atoms with Crippen molar-refractivity contribution >= 4 is 22.6 Å². The number of imidazole rings is 1. The Morgan fingerprint density at radius 1 is 1.30 bits per heavy atom. The number of alkyl halides is 1. The first-order valence-electron chi connectivity index (χ1n) is 7.60. The number of nitrogens with zero attached hydrogens (tertiary/aromatic N) is 2. The molecule has 0 fully saturated rings. The van der Waals surface area contributed by atoms with Crippen molar-refractivity contribution < 1.29 is 0 Å². The van der Waals surface area contributed by atoms with Crippen LogP contribution in [0.1, 0.15) is 51.0 Å². The number of hydrogen-bond donors (Lipinski definition) is 0. The Balaban J connectivity index is 2.50. The van der Waals surface area contributed by atoms with Gasteiger partial charge in [-0.05, 0) is 37.8 Å². The van der Waals surface area contributed by atoms with Gasteiger partial charge in [0.15, 0.2) is 0 Å². The number of para-hydroxylation sites is 1. The Kier molecular flexibility index (Phi) is 5.09.